The fraction of sp³-hybridized carbons (Fsp3) is 0.615. The summed E-state index contributed by atoms with van der Waals surface area (Å²) in [5, 5.41) is 3.51. The van der Waals surface area contributed by atoms with E-state index in [-0.39, 0.29) is 0 Å². The molecular formula is C13H20N2. The molecule has 0 atom stereocenters. The Labute approximate surface area is 92.1 Å². The van der Waals surface area contributed by atoms with E-state index < -0.39 is 0 Å². The second-order valence-electron chi connectivity index (χ2n) is 4.95. The summed E-state index contributed by atoms with van der Waals surface area (Å²) < 4.78 is 0. The lowest BCUT2D eigenvalue weighted by Gasteiger charge is -2.07. The van der Waals surface area contributed by atoms with E-state index in [1.54, 1.807) is 0 Å². The lowest BCUT2D eigenvalue weighted by Crippen LogP contribution is -2.15. The van der Waals surface area contributed by atoms with Crippen molar-refractivity contribution in [1.82, 2.24) is 10.3 Å². The van der Waals surface area contributed by atoms with Crippen LogP contribution in [0, 0.1) is 5.92 Å². The average Bonchev–Trinajstić information content (AvgIpc) is 2.97. The van der Waals surface area contributed by atoms with E-state index in [4.69, 9.17) is 0 Å². The first-order valence-corrected chi connectivity index (χ1v) is 5.90. The van der Waals surface area contributed by atoms with Gasteiger partial charge in [-0.05, 0) is 36.3 Å². The number of aromatic nitrogens is 1. The van der Waals surface area contributed by atoms with Crippen LogP contribution in [0.2, 0.25) is 0 Å². The molecule has 2 heteroatoms. The average molecular weight is 204 g/mol. The van der Waals surface area contributed by atoms with Crippen LogP contribution >= 0.6 is 0 Å². The molecule has 2 nitrogen and oxygen atoms in total. The minimum absolute atomic E-state index is 0.707. The van der Waals surface area contributed by atoms with Gasteiger partial charge in [-0.1, -0.05) is 19.9 Å². The molecule has 0 unspecified atom stereocenters. The minimum Gasteiger partial charge on any atom is -0.310 e. The van der Waals surface area contributed by atoms with Crippen LogP contribution in [0.5, 0.6) is 0 Å². The number of hydrogen-bond acceptors (Lipinski definition) is 2. The van der Waals surface area contributed by atoms with Crippen LogP contribution in [0.1, 0.15) is 37.8 Å². The number of nitrogens with one attached hydrogen (secondary N) is 1. The summed E-state index contributed by atoms with van der Waals surface area (Å²) in [5.41, 5.74) is 2.68. The molecule has 0 amide bonds. The van der Waals surface area contributed by atoms with E-state index in [0.29, 0.717) is 5.92 Å². The summed E-state index contributed by atoms with van der Waals surface area (Å²) in [4.78, 5) is 4.30. The molecule has 2 rings (SSSR count). The highest BCUT2D eigenvalue weighted by atomic mass is 14.9. The number of hydrogen-bond donors (Lipinski definition) is 1. The van der Waals surface area contributed by atoms with Crippen molar-refractivity contribution in [1.29, 1.82) is 0 Å². The van der Waals surface area contributed by atoms with Crippen molar-refractivity contribution < 1.29 is 0 Å². The Balaban J connectivity index is 1.91. The quantitative estimate of drug-likeness (QED) is 0.797. The highest BCUT2D eigenvalue weighted by molar-refractivity contribution is 5.18. The lowest BCUT2D eigenvalue weighted by atomic mass is 10.0. The van der Waals surface area contributed by atoms with Gasteiger partial charge < -0.3 is 5.32 Å². The van der Waals surface area contributed by atoms with Crippen molar-refractivity contribution in [3.8, 4) is 0 Å². The highest BCUT2D eigenvalue weighted by Crippen LogP contribution is 2.19. The van der Waals surface area contributed by atoms with E-state index in [1.807, 2.05) is 12.4 Å². The molecule has 1 fully saturated rings. The normalized spacial score (nSPS) is 15.9. The molecule has 1 saturated carbocycles. The molecular weight excluding hydrogens is 184 g/mol. The lowest BCUT2D eigenvalue weighted by molar-refractivity contribution is 0.641. The van der Waals surface area contributed by atoms with Crippen LogP contribution in [0.15, 0.2) is 18.5 Å². The fourth-order valence-corrected chi connectivity index (χ4v) is 1.77. The maximum Gasteiger partial charge on any atom is 0.0313 e. The minimum atomic E-state index is 0.707. The van der Waals surface area contributed by atoms with Gasteiger partial charge in [0.05, 0.1) is 0 Å². The first-order valence-electron chi connectivity index (χ1n) is 5.90. The first-order chi connectivity index (χ1) is 7.24. The Hall–Kier alpha value is -0.890. The number of pyridine rings is 1. The van der Waals surface area contributed by atoms with Gasteiger partial charge in [0, 0.05) is 25.0 Å². The number of rotatable bonds is 5. The van der Waals surface area contributed by atoms with Crippen molar-refractivity contribution >= 4 is 0 Å². The molecule has 1 aliphatic rings. The zero-order valence-corrected chi connectivity index (χ0v) is 9.66. The smallest absolute Gasteiger partial charge is 0.0313 e. The molecule has 1 aliphatic carbocycles. The van der Waals surface area contributed by atoms with Crippen molar-refractivity contribution in [2.24, 2.45) is 5.92 Å². The summed E-state index contributed by atoms with van der Waals surface area (Å²) in [6, 6.07) is 3.06. The maximum absolute atomic E-state index is 4.30. The van der Waals surface area contributed by atoms with Gasteiger partial charge in [-0.25, -0.2) is 0 Å². The predicted octanol–water partition coefficient (Wildman–Crippen LogP) is 2.53. The van der Waals surface area contributed by atoms with Gasteiger partial charge in [-0.2, -0.15) is 0 Å². The second kappa shape index (κ2) is 4.75. The van der Waals surface area contributed by atoms with Crippen molar-refractivity contribution in [3.05, 3.63) is 29.6 Å². The van der Waals surface area contributed by atoms with Gasteiger partial charge in [-0.3, -0.25) is 4.98 Å². The summed E-state index contributed by atoms with van der Waals surface area (Å²) in [5.74, 6) is 0.707. The summed E-state index contributed by atoms with van der Waals surface area (Å²) >= 11 is 0. The topological polar surface area (TPSA) is 24.9 Å². The van der Waals surface area contributed by atoms with E-state index in [9.17, 15) is 0 Å². The van der Waals surface area contributed by atoms with Crippen LogP contribution in [0.4, 0.5) is 0 Å². The fourth-order valence-electron chi connectivity index (χ4n) is 1.77. The third-order valence-electron chi connectivity index (χ3n) is 2.67. The molecule has 0 bridgehead atoms. The molecule has 0 aliphatic heterocycles. The van der Waals surface area contributed by atoms with E-state index in [0.717, 1.165) is 19.0 Å². The summed E-state index contributed by atoms with van der Waals surface area (Å²) in [7, 11) is 0. The molecule has 0 radical (unpaired) electrons. The highest BCUT2D eigenvalue weighted by Gasteiger charge is 2.19. The van der Waals surface area contributed by atoms with E-state index in [1.165, 1.54) is 24.0 Å². The SMILES string of the molecule is CC(C)Cc1cncc(CNC2CC2)c1. The molecule has 1 heterocycles. The molecule has 1 N–H and O–H groups in total. The number of nitrogens with zero attached hydrogens (tertiary/aromatic N) is 1. The van der Waals surface area contributed by atoms with Gasteiger partial charge in [0.1, 0.15) is 0 Å². The standard InChI is InChI=1S/C13H20N2/c1-10(2)5-11-6-12(8-14-7-11)9-15-13-3-4-13/h6-8,10,13,15H,3-5,9H2,1-2H3. The predicted molar refractivity (Wildman–Crippen MR) is 62.6 cm³/mol. The van der Waals surface area contributed by atoms with Crippen molar-refractivity contribution in [2.45, 2.75) is 45.7 Å². The zero-order chi connectivity index (χ0) is 10.7. The molecule has 0 saturated heterocycles. The third-order valence-corrected chi connectivity index (χ3v) is 2.67. The van der Waals surface area contributed by atoms with Crippen LogP contribution < -0.4 is 5.32 Å². The van der Waals surface area contributed by atoms with E-state index in [2.05, 4.69) is 30.2 Å². The molecule has 0 aromatic carbocycles. The third kappa shape index (κ3) is 3.63. The molecule has 15 heavy (non-hydrogen) atoms. The van der Waals surface area contributed by atoms with E-state index >= 15 is 0 Å². The molecule has 0 spiro atoms. The maximum atomic E-state index is 4.30. The zero-order valence-electron chi connectivity index (χ0n) is 9.66. The van der Waals surface area contributed by atoms with Gasteiger partial charge >= 0.3 is 0 Å². The van der Waals surface area contributed by atoms with Gasteiger partial charge in [0.15, 0.2) is 0 Å². The molecule has 1 aromatic rings. The van der Waals surface area contributed by atoms with Gasteiger partial charge in [0.2, 0.25) is 0 Å². The Bertz CT molecular complexity index is 316. The Morgan fingerprint density at radius 2 is 2.07 bits per heavy atom. The summed E-state index contributed by atoms with van der Waals surface area (Å²) in [6.07, 6.45) is 7.78. The van der Waals surface area contributed by atoms with Crippen molar-refractivity contribution in [3.63, 3.8) is 0 Å². The van der Waals surface area contributed by atoms with Gasteiger partial charge in [0.25, 0.3) is 0 Å². The van der Waals surface area contributed by atoms with Crippen LogP contribution in [-0.4, -0.2) is 11.0 Å². The van der Waals surface area contributed by atoms with Crippen LogP contribution in [-0.2, 0) is 13.0 Å². The first kappa shape index (κ1) is 10.6. The molecule has 82 valence electrons. The van der Waals surface area contributed by atoms with Crippen molar-refractivity contribution in [2.75, 3.05) is 0 Å². The Morgan fingerprint density at radius 1 is 1.33 bits per heavy atom. The Kier molecular flexibility index (Phi) is 3.37. The second-order valence-corrected chi connectivity index (χ2v) is 4.95. The summed E-state index contributed by atoms with van der Waals surface area (Å²) in [6.45, 7) is 5.47. The monoisotopic (exact) mass is 204 g/mol. The van der Waals surface area contributed by atoms with Gasteiger partial charge in [-0.15, -0.1) is 0 Å². The molecule has 1 aromatic heterocycles. The van der Waals surface area contributed by atoms with Crippen LogP contribution in [0.3, 0.4) is 0 Å². The van der Waals surface area contributed by atoms with Crippen LogP contribution in [0.25, 0.3) is 0 Å². The largest absolute Gasteiger partial charge is 0.310 e. The Morgan fingerprint density at radius 3 is 2.73 bits per heavy atom.